The molecule has 1 N–H and O–H groups in total. The molecule has 2 aromatic rings. The van der Waals surface area contributed by atoms with Gasteiger partial charge in [-0.05, 0) is 54.8 Å². The molecule has 37 heavy (non-hydrogen) atoms. The Morgan fingerprint density at radius 2 is 2.03 bits per heavy atom. The number of likely N-dealkylation sites (N-methyl/N-ethyl adjacent to an activating group) is 1. The molecule has 1 saturated carbocycles. The first-order chi connectivity index (χ1) is 17.6. The summed E-state index contributed by atoms with van der Waals surface area (Å²) in [5.41, 5.74) is 1.44. The van der Waals surface area contributed by atoms with Crippen LogP contribution in [0.1, 0.15) is 37.3 Å². The van der Waals surface area contributed by atoms with Crippen LogP contribution in [-0.4, -0.2) is 65.6 Å². The fourth-order valence-corrected chi connectivity index (χ4v) is 6.50. The number of phenols is 1. The number of hydrogen-bond acceptors (Lipinski definition) is 5. The molecule has 4 rings (SSSR count). The summed E-state index contributed by atoms with van der Waals surface area (Å²) in [5.74, 6) is -0.157. The fourth-order valence-electron chi connectivity index (χ4n) is 6.18. The van der Waals surface area contributed by atoms with Gasteiger partial charge in [-0.1, -0.05) is 47.5 Å². The minimum absolute atomic E-state index is 0.0155. The van der Waals surface area contributed by atoms with Crippen LogP contribution in [0.5, 0.6) is 5.75 Å². The average molecular weight is 546 g/mol. The van der Waals surface area contributed by atoms with Crippen LogP contribution in [0.4, 0.5) is 0 Å². The van der Waals surface area contributed by atoms with Crippen molar-refractivity contribution in [3.05, 3.63) is 76.3 Å². The molecule has 4 unspecified atom stereocenters. The van der Waals surface area contributed by atoms with Crippen molar-refractivity contribution in [1.82, 2.24) is 9.80 Å². The molecule has 4 atom stereocenters. The molecule has 0 radical (unpaired) electrons. The minimum atomic E-state index is -0.369. The first kappa shape index (κ1) is 27.5. The lowest BCUT2D eigenvalue weighted by Gasteiger charge is -2.56. The normalized spacial score (nSPS) is 25.7. The van der Waals surface area contributed by atoms with Crippen molar-refractivity contribution in [2.75, 3.05) is 26.7 Å². The largest absolute Gasteiger partial charge is 0.508 e. The van der Waals surface area contributed by atoms with Gasteiger partial charge in [-0.2, -0.15) is 0 Å². The SMILES string of the molecule is C=CCN1CCC2(c3cccc(O)c3)CC(N(C)C(=O)Cc3ccc(Cl)c(Cl)c3)CC(OC(C)=O)C2C1. The van der Waals surface area contributed by atoms with Gasteiger partial charge < -0.3 is 14.7 Å². The number of carbonyl (C=O) groups is 2. The quantitative estimate of drug-likeness (QED) is 0.381. The molecule has 0 bridgehead atoms. The number of benzene rings is 2. The maximum Gasteiger partial charge on any atom is 0.302 e. The van der Waals surface area contributed by atoms with Gasteiger partial charge in [-0.3, -0.25) is 14.5 Å². The Hall–Kier alpha value is -2.54. The third kappa shape index (κ3) is 5.97. The van der Waals surface area contributed by atoms with E-state index in [0.717, 1.165) is 37.2 Å². The summed E-state index contributed by atoms with van der Waals surface area (Å²) in [6.45, 7) is 7.67. The lowest BCUT2D eigenvalue weighted by molar-refractivity contribution is -0.160. The van der Waals surface area contributed by atoms with Gasteiger partial charge in [0, 0.05) is 50.9 Å². The molecule has 8 heteroatoms. The summed E-state index contributed by atoms with van der Waals surface area (Å²) in [5, 5.41) is 11.2. The smallest absolute Gasteiger partial charge is 0.302 e. The number of nitrogens with zero attached hydrogens (tertiary/aromatic N) is 2. The number of likely N-dealkylation sites (tertiary alicyclic amines) is 1. The molecule has 6 nitrogen and oxygen atoms in total. The summed E-state index contributed by atoms with van der Waals surface area (Å²) < 4.78 is 5.95. The van der Waals surface area contributed by atoms with E-state index in [4.69, 9.17) is 27.9 Å². The molecular formula is C29H34Cl2N2O4. The van der Waals surface area contributed by atoms with Crippen LogP contribution in [-0.2, 0) is 26.2 Å². The summed E-state index contributed by atoms with van der Waals surface area (Å²) in [4.78, 5) is 29.7. The van der Waals surface area contributed by atoms with Gasteiger partial charge in [0.25, 0.3) is 0 Å². The van der Waals surface area contributed by atoms with Crippen LogP contribution < -0.4 is 0 Å². The summed E-state index contributed by atoms with van der Waals surface area (Å²) in [6, 6.07) is 12.5. The monoisotopic (exact) mass is 544 g/mol. The van der Waals surface area contributed by atoms with Gasteiger partial charge in [-0.25, -0.2) is 0 Å². The molecule has 2 aliphatic rings. The number of ether oxygens (including phenoxy) is 1. The lowest BCUT2D eigenvalue weighted by atomic mass is 9.56. The molecule has 1 aliphatic heterocycles. The summed E-state index contributed by atoms with van der Waals surface area (Å²) >= 11 is 12.2. The fraction of sp³-hybridized carbons (Fsp3) is 0.448. The molecule has 1 heterocycles. The van der Waals surface area contributed by atoms with Crippen LogP contribution in [0.3, 0.4) is 0 Å². The molecule has 198 valence electrons. The van der Waals surface area contributed by atoms with E-state index in [9.17, 15) is 14.7 Å². The lowest BCUT2D eigenvalue weighted by Crippen LogP contribution is -2.61. The minimum Gasteiger partial charge on any atom is -0.508 e. The van der Waals surface area contributed by atoms with Gasteiger partial charge >= 0.3 is 5.97 Å². The van der Waals surface area contributed by atoms with E-state index in [1.54, 1.807) is 23.1 Å². The van der Waals surface area contributed by atoms with Crippen LogP contribution in [0.25, 0.3) is 0 Å². The molecule has 2 fully saturated rings. The standard InChI is InChI=1S/C29H34Cl2N2O4/c1-4-11-33-12-10-29(21-6-5-7-23(35)15-21)17-22(16-27(24(29)18-33)37-19(2)34)32(3)28(36)14-20-8-9-25(30)26(31)13-20/h4-9,13,15,22,24,27,35H,1,10-12,14,16-18H2,2-3H3. The number of piperidine rings is 1. The zero-order chi connectivity index (χ0) is 26.7. The van der Waals surface area contributed by atoms with Gasteiger partial charge in [0.15, 0.2) is 0 Å². The number of phenolic OH excluding ortho intramolecular Hbond substituents is 1. The number of carbonyl (C=O) groups excluding carboxylic acids is 2. The highest BCUT2D eigenvalue weighted by Gasteiger charge is 2.54. The number of amides is 1. The highest BCUT2D eigenvalue weighted by atomic mass is 35.5. The third-order valence-corrected chi connectivity index (χ3v) is 8.74. The third-order valence-electron chi connectivity index (χ3n) is 8.00. The van der Waals surface area contributed by atoms with Crippen molar-refractivity contribution in [2.45, 2.75) is 50.2 Å². The maximum absolute atomic E-state index is 13.4. The van der Waals surface area contributed by atoms with Crippen molar-refractivity contribution >= 4 is 35.1 Å². The molecule has 0 aromatic heterocycles. The number of halogens is 2. The van der Waals surface area contributed by atoms with Gasteiger partial charge in [0.1, 0.15) is 11.9 Å². The number of fused-ring (bicyclic) bond motifs is 1. The molecule has 1 aliphatic carbocycles. The van der Waals surface area contributed by atoms with E-state index in [1.807, 2.05) is 37.4 Å². The zero-order valence-electron chi connectivity index (χ0n) is 21.3. The Morgan fingerprint density at radius 1 is 1.24 bits per heavy atom. The molecule has 0 spiro atoms. The second kappa shape index (κ2) is 11.5. The van der Waals surface area contributed by atoms with Crippen molar-refractivity contribution in [1.29, 1.82) is 0 Å². The topological polar surface area (TPSA) is 70.1 Å². The van der Waals surface area contributed by atoms with Crippen molar-refractivity contribution < 1.29 is 19.4 Å². The molecule has 2 aromatic carbocycles. The number of esters is 1. The van der Waals surface area contributed by atoms with Crippen molar-refractivity contribution in [2.24, 2.45) is 5.92 Å². The highest BCUT2D eigenvalue weighted by Crippen LogP contribution is 2.51. The van der Waals surface area contributed by atoms with E-state index < -0.39 is 0 Å². The van der Waals surface area contributed by atoms with Gasteiger partial charge in [-0.15, -0.1) is 6.58 Å². The average Bonchev–Trinajstić information content (AvgIpc) is 2.86. The Morgan fingerprint density at radius 3 is 2.70 bits per heavy atom. The first-order valence-corrected chi connectivity index (χ1v) is 13.4. The van der Waals surface area contributed by atoms with E-state index >= 15 is 0 Å². The van der Waals surface area contributed by atoms with E-state index in [-0.39, 0.29) is 47.5 Å². The van der Waals surface area contributed by atoms with Gasteiger partial charge in [0.2, 0.25) is 5.91 Å². The van der Waals surface area contributed by atoms with E-state index in [1.165, 1.54) is 6.92 Å². The Balaban J connectivity index is 1.67. The van der Waals surface area contributed by atoms with Crippen molar-refractivity contribution in [3.8, 4) is 5.75 Å². The Kier molecular flexibility index (Phi) is 8.52. The van der Waals surface area contributed by atoms with Crippen LogP contribution in [0.15, 0.2) is 55.1 Å². The van der Waals surface area contributed by atoms with E-state index in [0.29, 0.717) is 22.9 Å². The number of rotatable bonds is 7. The summed E-state index contributed by atoms with van der Waals surface area (Å²) in [7, 11) is 1.82. The molecule has 1 amide bonds. The molecule has 1 saturated heterocycles. The second-order valence-corrected chi connectivity index (χ2v) is 11.1. The number of hydrogen-bond donors (Lipinski definition) is 1. The Bertz CT molecular complexity index is 1170. The highest BCUT2D eigenvalue weighted by molar-refractivity contribution is 6.42. The number of aromatic hydroxyl groups is 1. The molecular weight excluding hydrogens is 511 g/mol. The van der Waals surface area contributed by atoms with Crippen LogP contribution >= 0.6 is 23.2 Å². The predicted octanol–water partition coefficient (Wildman–Crippen LogP) is 5.24. The Labute approximate surface area is 228 Å². The zero-order valence-corrected chi connectivity index (χ0v) is 22.8. The predicted molar refractivity (Wildman–Crippen MR) is 146 cm³/mol. The first-order valence-electron chi connectivity index (χ1n) is 12.6. The van der Waals surface area contributed by atoms with Gasteiger partial charge in [0.05, 0.1) is 16.5 Å². The van der Waals surface area contributed by atoms with Crippen LogP contribution in [0.2, 0.25) is 10.0 Å². The maximum atomic E-state index is 13.4. The van der Waals surface area contributed by atoms with E-state index in [2.05, 4.69) is 11.5 Å². The van der Waals surface area contributed by atoms with Crippen LogP contribution in [0, 0.1) is 5.92 Å². The summed E-state index contributed by atoms with van der Waals surface area (Å²) in [6.07, 6.45) is 3.80. The second-order valence-electron chi connectivity index (χ2n) is 10.3. The van der Waals surface area contributed by atoms with Crippen molar-refractivity contribution in [3.63, 3.8) is 0 Å².